The van der Waals surface area contributed by atoms with E-state index in [0.29, 0.717) is 16.6 Å². The first kappa shape index (κ1) is 13.1. The van der Waals surface area contributed by atoms with Gasteiger partial charge in [-0.1, -0.05) is 35.3 Å². The predicted octanol–water partition coefficient (Wildman–Crippen LogP) is 2.15. The summed E-state index contributed by atoms with van der Waals surface area (Å²) >= 11 is 12.2. The lowest BCUT2D eigenvalue weighted by Gasteiger charge is -2.32. The first-order valence-electron chi connectivity index (χ1n) is 5.67. The zero-order valence-electron chi connectivity index (χ0n) is 9.53. The van der Waals surface area contributed by atoms with Crippen LogP contribution >= 0.6 is 23.2 Å². The fourth-order valence-electron chi connectivity index (χ4n) is 1.98. The Morgan fingerprint density at radius 2 is 2.24 bits per heavy atom. The Kier molecular flexibility index (Phi) is 4.65. The molecule has 5 heteroatoms. The van der Waals surface area contributed by atoms with Gasteiger partial charge in [0, 0.05) is 26.2 Å². The maximum Gasteiger partial charge on any atom is 0.0824 e. The molecule has 1 atom stereocenters. The highest BCUT2D eigenvalue weighted by Gasteiger charge is 2.20. The van der Waals surface area contributed by atoms with Crippen LogP contribution < -0.4 is 5.73 Å². The smallest absolute Gasteiger partial charge is 0.0824 e. The van der Waals surface area contributed by atoms with Crippen LogP contribution in [0, 0.1) is 0 Å². The van der Waals surface area contributed by atoms with Gasteiger partial charge in [-0.05, 0) is 11.6 Å². The summed E-state index contributed by atoms with van der Waals surface area (Å²) in [6.45, 7) is 3.82. The van der Waals surface area contributed by atoms with Crippen LogP contribution in [0.3, 0.4) is 0 Å². The Balaban J connectivity index is 2.02. The fraction of sp³-hybridized carbons (Fsp3) is 0.500. The van der Waals surface area contributed by atoms with E-state index in [2.05, 4.69) is 4.90 Å². The Hall–Kier alpha value is -0.320. The average Bonchev–Trinajstić information content (AvgIpc) is 2.35. The van der Waals surface area contributed by atoms with Crippen molar-refractivity contribution < 1.29 is 4.74 Å². The summed E-state index contributed by atoms with van der Waals surface area (Å²) in [5, 5.41) is 1.25. The van der Waals surface area contributed by atoms with Gasteiger partial charge in [-0.15, -0.1) is 0 Å². The second kappa shape index (κ2) is 6.03. The standard InChI is InChI=1S/C12H16Cl2N2O/c13-11-3-1-2-9(12(11)14)7-16-4-5-17-10(6-15)8-16/h1-3,10H,4-8,15H2/t10-/m0/s1. The number of benzene rings is 1. The minimum atomic E-state index is 0.127. The molecule has 0 saturated carbocycles. The molecular formula is C12H16Cl2N2O. The van der Waals surface area contributed by atoms with Gasteiger partial charge in [-0.3, -0.25) is 4.90 Å². The molecule has 94 valence electrons. The molecule has 0 aliphatic carbocycles. The minimum Gasteiger partial charge on any atom is -0.374 e. The van der Waals surface area contributed by atoms with E-state index >= 15 is 0 Å². The number of morpholine rings is 1. The second-order valence-corrected chi connectivity index (χ2v) is 4.96. The third-order valence-electron chi connectivity index (χ3n) is 2.91. The third kappa shape index (κ3) is 3.33. The maximum absolute atomic E-state index is 6.17. The summed E-state index contributed by atoms with van der Waals surface area (Å²) in [6.07, 6.45) is 0.127. The molecule has 3 nitrogen and oxygen atoms in total. The largest absolute Gasteiger partial charge is 0.374 e. The maximum atomic E-state index is 6.17. The van der Waals surface area contributed by atoms with Crippen LogP contribution in [-0.4, -0.2) is 37.2 Å². The van der Waals surface area contributed by atoms with Crippen molar-refractivity contribution in [2.45, 2.75) is 12.6 Å². The Labute approximate surface area is 111 Å². The van der Waals surface area contributed by atoms with E-state index in [0.717, 1.165) is 31.8 Å². The van der Waals surface area contributed by atoms with Gasteiger partial charge in [0.1, 0.15) is 0 Å². The molecule has 0 bridgehead atoms. The molecule has 0 aromatic heterocycles. The quantitative estimate of drug-likeness (QED) is 0.918. The topological polar surface area (TPSA) is 38.5 Å². The molecule has 0 amide bonds. The highest BCUT2D eigenvalue weighted by atomic mass is 35.5. The van der Waals surface area contributed by atoms with E-state index in [4.69, 9.17) is 33.7 Å². The Morgan fingerprint density at radius 3 is 3.00 bits per heavy atom. The van der Waals surface area contributed by atoms with Crippen LogP contribution in [-0.2, 0) is 11.3 Å². The normalized spacial score (nSPS) is 21.7. The molecule has 2 N–H and O–H groups in total. The molecule has 1 fully saturated rings. The molecular weight excluding hydrogens is 259 g/mol. The third-order valence-corrected chi connectivity index (χ3v) is 3.77. The van der Waals surface area contributed by atoms with Gasteiger partial charge in [0.25, 0.3) is 0 Å². The summed E-state index contributed by atoms with van der Waals surface area (Å²) in [6, 6.07) is 5.72. The zero-order chi connectivity index (χ0) is 12.3. The molecule has 1 aliphatic rings. The lowest BCUT2D eigenvalue weighted by atomic mass is 10.2. The highest BCUT2D eigenvalue weighted by Crippen LogP contribution is 2.26. The van der Waals surface area contributed by atoms with Crippen LogP contribution in [0.4, 0.5) is 0 Å². The van der Waals surface area contributed by atoms with Crippen LogP contribution in [0.2, 0.25) is 10.0 Å². The highest BCUT2D eigenvalue weighted by molar-refractivity contribution is 6.42. The van der Waals surface area contributed by atoms with Crippen LogP contribution in [0.5, 0.6) is 0 Å². The van der Waals surface area contributed by atoms with Gasteiger partial charge in [-0.2, -0.15) is 0 Å². The van der Waals surface area contributed by atoms with Crippen molar-refractivity contribution in [3.8, 4) is 0 Å². The lowest BCUT2D eigenvalue weighted by molar-refractivity contribution is -0.0260. The summed E-state index contributed by atoms with van der Waals surface area (Å²) in [4.78, 5) is 2.29. The van der Waals surface area contributed by atoms with E-state index in [-0.39, 0.29) is 6.10 Å². The Bertz CT molecular complexity index is 387. The van der Waals surface area contributed by atoms with E-state index < -0.39 is 0 Å². The van der Waals surface area contributed by atoms with Gasteiger partial charge < -0.3 is 10.5 Å². The van der Waals surface area contributed by atoms with Crippen LogP contribution in [0.1, 0.15) is 5.56 Å². The molecule has 1 aromatic carbocycles. The molecule has 0 spiro atoms. The van der Waals surface area contributed by atoms with E-state index in [1.54, 1.807) is 6.07 Å². The van der Waals surface area contributed by atoms with E-state index in [9.17, 15) is 0 Å². The van der Waals surface area contributed by atoms with Crippen molar-refractivity contribution in [1.29, 1.82) is 0 Å². The molecule has 1 aliphatic heterocycles. The zero-order valence-corrected chi connectivity index (χ0v) is 11.0. The molecule has 1 saturated heterocycles. The number of nitrogens with zero attached hydrogens (tertiary/aromatic N) is 1. The molecule has 0 radical (unpaired) electrons. The van der Waals surface area contributed by atoms with Crippen molar-refractivity contribution in [1.82, 2.24) is 4.90 Å². The SMILES string of the molecule is NC[C@H]1CN(Cc2cccc(Cl)c2Cl)CCO1. The summed E-state index contributed by atoms with van der Waals surface area (Å²) in [5.41, 5.74) is 6.67. The van der Waals surface area contributed by atoms with Gasteiger partial charge in [0.2, 0.25) is 0 Å². The van der Waals surface area contributed by atoms with Crippen molar-refractivity contribution >= 4 is 23.2 Å². The van der Waals surface area contributed by atoms with Crippen molar-refractivity contribution in [2.75, 3.05) is 26.2 Å². The summed E-state index contributed by atoms with van der Waals surface area (Å²) in [7, 11) is 0. The van der Waals surface area contributed by atoms with Crippen molar-refractivity contribution in [3.05, 3.63) is 33.8 Å². The number of ether oxygens (including phenoxy) is 1. The van der Waals surface area contributed by atoms with Gasteiger partial charge in [0.05, 0.1) is 22.8 Å². The number of rotatable bonds is 3. The second-order valence-electron chi connectivity index (χ2n) is 4.18. The monoisotopic (exact) mass is 274 g/mol. The molecule has 1 heterocycles. The number of nitrogens with two attached hydrogens (primary N) is 1. The van der Waals surface area contributed by atoms with E-state index in [1.165, 1.54) is 0 Å². The first-order valence-corrected chi connectivity index (χ1v) is 6.43. The van der Waals surface area contributed by atoms with Gasteiger partial charge >= 0.3 is 0 Å². The number of hydrogen-bond acceptors (Lipinski definition) is 3. The lowest BCUT2D eigenvalue weighted by Crippen LogP contribution is -2.45. The predicted molar refractivity (Wildman–Crippen MR) is 70.5 cm³/mol. The fourth-order valence-corrected chi connectivity index (χ4v) is 2.36. The number of halogens is 2. The summed E-state index contributed by atoms with van der Waals surface area (Å²) in [5.74, 6) is 0. The molecule has 17 heavy (non-hydrogen) atoms. The van der Waals surface area contributed by atoms with Crippen LogP contribution in [0.25, 0.3) is 0 Å². The molecule has 0 unspecified atom stereocenters. The van der Waals surface area contributed by atoms with Crippen molar-refractivity contribution in [2.24, 2.45) is 5.73 Å². The van der Waals surface area contributed by atoms with Crippen LogP contribution in [0.15, 0.2) is 18.2 Å². The van der Waals surface area contributed by atoms with Gasteiger partial charge in [0.15, 0.2) is 0 Å². The van der Waals surface area contributed by atoms with E-state index in [1.807, 2.05) is 12.1 Å². The molecule has 1 aromatic rings. The number of hydrogen-bond donors (Lipinski definition) is 1. The van der Waals surface area contributed by atoms with Crippen molar-refractivity contribution in [3.63, 3.8) is 0 Å². The Morgan fingerprint density at radius 1 is 1.41 bits per heavy atom. The molecule has 2 rings (SSSR count). The summed E-state index contributed by atoms with van der Waals surface area (Å²) < 4.78 is 5.52. The minimum absolute atomic E-state index is 0.127. The first-order chi connectivity index (χ1) is 8.20. The van der Waals surface area contributed by atoms with Gasteiger partial charge in [-0.25, -0.2) is 0 Å². The average molecular weight is 275 g/mol.